The van der Waals surface area contributed by atoms with Gasteiger partial charge in [-0.1, -0.05) is 61.9 Å². The van der Waals surface area contributed by atoms with Crippen molar-refractivity contribution < 1.29 is 4.79 Å². The molecule has 0 aliphatic heterocycles. The van der Waals surface area contributed by atoms with E-state index in [0.29, 0.717) is 0 Å². The Bertz CT molecular complexity index is 635. The number of benzene rings is 1. The Balaban J connectivity index is 2.41. The number of rotatable bonds is 4. The zero-order chi connectivity index (χ0) is 15.6. The lowest BCUT2D eigenvalue weighted by molar-refractivity contribution is -0.123. The molecule has 2 rings (SSSR count). The summed E-state index contributed by atoms with van der Waals surface area (Å²) in [6, 6.07) is 8.32. The van der Waals surface area contributed by atoms with E-state index in [1.165, 1.54) is 16.7 Å². The first-order chi connectivity index (χ1) is 9.90. The number of carbonyl (C=O) groups is 1. The molecule has 1 aliphatic carbocycles. The number of amides is 1. The van der Waals surface area contributed by atoms with Crippen LogP contribution < -0.4 is 5.32 Å². The van der Waals surface area contributed by atoms with E-state index in [9.17, 15) is 4.79 Å². The molecule has 0 heterocycles. The maximum absolute atomic E-state index is 12.1. The third kappa shape index (κ3) is 3.33. The third-order valence-corrected chi connectivity index (χ3v) is 3.65. The van der Waals surface area contributed by atoms with Gasteiger partial charge in [-0.15, -0.1) is 0 Å². The van der Waals surface area contributed by atoms with Gasteiger partial charge in [0.05, 0.1) is 0 Å². The SMILES string of the molecule is C=C(C)C=C(NC(=O)C(C)C)C1C(C)=Cc2ccccc21. The summed E-state index contributed by atoms with van der Waals surface area (Å²) in [5.41, 5.74) is 5.57. The molecule has 0 saturated carbocycles. The van der Waals surface area contributed by atoms with Gasteiger partial charge in [0.15, 0.2) is 0 Å². The predicted molar refractivity (Wildman–Crippen MR) is 88.7 cm³/mol. The molecule has 1 aromatic rings. The summed E-state index contributed by atoms with van der Waals surface area (Å²) in [5, 5.41) is 3.08. The van der Waals surface area contributed by atoms with Crippen molar-refractivity contribution in [3.8, 4) is 0 Å². The van der Waals surface area contributed by atoms with Crippen molar-refractivity contribution in [1.82, 2.24) is 5.32 Å². The van der Waals surface area contributed by atoms with Crippen LogP contribution in [0.1, 0.15) is 44.7 Å². The molecular weight excluding hydrogens is 258 g/mol. The summed E-state index contributed by atoms with van der Waals surface area (Å²) in [4.78, 5) is 12.1. The van der Waals surface area contributed by atoms with Gasteiger partial charge < -0.3 is 5.32 Å². The molecule has 1 amide bonds. The number of nitrogens with one attached hydrogen (secondary N) is 1. The molecule has 0 aromatic heterocycles. The summed E-state index contributed by atoms with van der Waals surface area (Å²) in [6.45, 7) is 11.8. The Kier molecular flexibility index (Phi) is 4.46. The highest BCUT2D eigenvalue weighted by atomic mass is 16.1. The van der Waals surface area contributed by atoms with E-state index in [1.54, 1.807) is 0 Å². The van der Waals surface area contributed by atoms with E-state index in [-0.39, 0.29) is 17.7 Å². The van der Waals surface area contributed by atoms with Gasteiger partial charge in [-0.2, -0.15) is 0 Å². The lowest BCUT2D eigenvalue weighted by Crippen LogP contribution is -2.30. The van der Waals surface area contributed by atoms with Crippen molar-refractivity contribution in [2.45, 2.75) is 33.6 Å². The first-order valence-corrected chi connectivity index (χ1v) is 7.35. The van der Waals surface area contributed by atoms with Gasteiger partial charge in [-0.3, -0.25) is 4.79 Å². The second-order valence-electron chi connectivity index (χ2n) is 6.04. The third-order valence-electron chi connectivity index (χ3n) is 3.65. The maximum Gasteiger partial charge on any atom is 0.226 e. The largest absolute Gasteiger partial charge is 0.329 e. The Morgan fingerprint density at radius 3 is 2.62 bits per heavy atom. The van der Waals surface area contributed by atoms with Crippen LogP contribution >= 0.6 is 0 Å². The van der Waals surface area contributed by atoms with Crippen LogP contribution in [0.15, 0.2) is 53.8 Å². The Morgan fingerprint density at radius 1 is 1.33 bits per heavy atom. The van der Waals surface area contributed by atoms with Crippen molar-refractivity contribution >= 4 is 12.0 Å². The predicted octanol–water partition coefficient (Wildman–Crippen LogP) is 4.42. The average Bonchev–Trinajstić information content (AvgIpc) is 2.72. The zero-order valence-electron chi connectivity index (χ0n) is 13.2. The minimum absolute atomic E-state index is 0.0414. The lowest BCUT2D eigenvalue weighted by Gasteiger charge is -2.21. The molecule has 1 unspecified atom stereocenters. The number of hydrogen-bond acceptors (Lipinski definition) is 1. The molecule has 21 heavy (non-hydrogen) atoms. The van der Waals surface area contributed by atoms with Crippen LogP contribution in [0.5, 0.6) is 0 Å². The minimum Gasteiger partial charge on any atom is -0.329 e. The molecule has 1 N–H and O–H groups in total. The van der Waals surface area contributed by atoms with Crippen molar-refractivity contribution in [2.24, 2.45) is 5.92 Å². The smallest absolute Gasteiger partial charge is 0.226 e. The van der Waals surface area contributed by atoms with Gasteiger partial charge in [0.1, 0.15) is 0 Å². The second kappa shape index (κ2) is 6.13. The topological polar surface area (TPSA) is 29.1 Å². The van der Waals surface area contributed by atoms with Gasteiger partial charge in [0.2, 0.25) is 5.91 Å². The Hall–Kier alpha value is -2.09. The van der Waals surface area contributed by atoms with Crippen LogP contribution in [0.2, 0.25) is 0 Å². The molecule has 0 saturated heterocycles. The van der Waals surface area contributed by atoms with Gasteiger partial charge in [0, 0.05) is 17.5 Å². The molecule has 0 fully saturated rings. The molecule has 0 spiro atoms. The van der Waals surface area contributed by atoms with Gasteiger partial charge >= 0.3 is 0 Å². The first-order valence-electron chi connectivity index (χ1n) is 7.35. The molecular formula is C19H23NO. The standard InChI is InChI=1S/C19H23NO/c1-12(2)10-17(20-19(21)13(3)4)18-14(5)11-15-8-6-7-9-16(15)18/h6-11,13,18H,1H2,2-5H3,(H,20,21). The van der Waals surface area contributed by atoms with Crippen LogP contribution in [0.25, 0.3) is 6.08 Å². The maximum atomic E-state index is 12.1. The molecule has 1 aliphatic rings. The highest BCUT2D eigenvalue weighted by Gasteiger charge is 2.27. The number of allylic oxidation sites excluding steroid dienone is 3. The summed E-state index contributed by atoms with van der Waals surface area (Å²) in [5.74, 6) is 0.111. The van der Waals surface area contributed by atoms with E-state index >= 15 is 0 Å². The summed E-state index contributed by atoms with van der Waals surface area (Å²) in [7, 11) is 0. The number of hydrogen-bond donors (Lipinski definition) is 1. The highest BCUT2D eigenvalue weighted by molar-refractivity contribution is 5.81. The fourth-order valence-corrected chi connectivity index (χ4v) is 2.64. The van der Waals surface area contributed by atoms with E-state index in [2.05, 4.69) is 37.0 Å². The minimum atomic E-state index is -0.0422. The van der Waals surface area contributed by atoms with Crippen LogP contribution in [0.4, 0.5) is 0 Å². The monoisotopic (exact) mass is 281 g/mol. The van der Waals surface area contributed by atoms with Crippen molar-refractivity contribution in [3.05, 3.63) is 64.9 Å². The molecule has 1 aromatic carbocycles. The quantitative estimate of drug-likeness (QED) is 0.813. The fraction of sp³-hybridized carbons (Fsp3) is 0.316. The van der Waals surface area contributed by atoms with Crippen molar-refractivity contribution in [1.29, 1.82) is 0 Å². The number of fused-ring (bicyclic) bond motifs is 1. The fourth-order valence-electron chi connectivity index (χ4n) is 2.64. The summed E-state index contributed by atoms with van der Waals surface area (Å²) >= 11 is 0. The zero-order valence-corrected chi connectivity index (χ0v) is 13.2. The van der Waals surface area contributed by atoms with E-state index in [4.69, 9.17) is 0 Å². The normalized spacial score (nSPS) is 17.5. The van der Waals surface area contributed by atoms with Gasteiger partial charge in [-0.05, 0) is 31.1 Å². The second-order valence-corrected chi connectivity index (χ2v) is 6.04. The van der Waals surface area contributed by atoms with Gasteiger partial charge in [-0.25, -0.2) is 0 Å². The van der Waals surface area contributed by atoms with E-state index in [1.807, 2.05) is 39.0 Å². The average molecular weight is 281 g/mol. The van der Waals surface area contributed by atoms with Gasteiger partial charge in [0.25, 0.3) is 0 Å². The van der Waals surface area contributed by atoms with Crippen LogP contribution in [-0.4, -0.2) is 5.91 Å². The summed E-state index contributed by atoms with van der Waals surface area (Å²) in [6.07, 6.45) is 4.16. The summed E-state index contributed by atoms with van der Waals surface area (Å²) < 4.78 is 0. The lowest BCUT2D eigenvalue weighted by atomic mass is 9.91. The Labute approximate surface area is 127 Å². The number of carbonyl (C=O) groups excluding carboxylic acids is 1. The molecule has 2 nitrogen and oxygen atoms in total. The van der Waals surface area contributed by atoms with E-state index in [0.717, 1.165) is 11.3 Å². The van der Waals surface area contributed by atoms with E-state index < -0.39 is 0 Å². The molecule has 0 radical (unpaired) electrons. The first kappa shape index (κ1) is 15.3. The van der Waals surface area contributed by atoms with Crippen LogP contribution in [0, 0.1) is 5.92 Å². The molecule has 0 bridgehead atoms. The van der Waals surface area contributed by atoms with Crippen molar-refractivity contribution in [3.63, 3.8) is 0 Å². The molecule has 1 atom stereocenters. The highest BCUT2D eigenvalue weighted by Crippen LogP contribution is 2.40. The van der Waals surface area contributed by atoms with Crippen LogP contribution in [0.3, 0.4) is 0 Å². The van der Waals surface area contributed by atoms with Crippen molar-refractivity contribution in [2.75, 3.05) is 0 Å². The molecule has 110 valence electrons. The Morgan fingerprint density at radius 2 is 2.00 bits per heavy atom. The molecule has 2 heteroatoms. The van der Waals surface area contributed by atoms with Crippen LogP contribution in [-0.2, 0) is 4.79 Å².